The maximum Gasteiger partial charge on any atom is 0.490 e. The van der Waals surface area contributed by atoms with Crippen molar-refractivity contribution >= 4 is 5.97 Å². The standard InChI is InChI=1S/C8H16N2.C2HF3O2/c1-6-10(7-1)8-2-4-9-5-3-8;3-2(4,5)1(6)7/h8-9H,1-7H2;(H,6,7). The topological polar surface area (TPSA) is 52.6 Å². The van der Waals surface area contributed by atoms with E-state index < -0.39 is 12.1 Å². The van der Waals surface area contributed by atoms with Crippen LogP contribution in [0, 0.1) is 0 Å². The molecule has 0 bridgehead atoms. The molecule has 7 heteroatoms. The van der Waals surface area contributed by atoms with Crippen molar-refractivity contribution < 1.29 is 23.1 Å². The minimum Gasteiger partial charge on any atom is -0.475 e. The van der Waals surface area contributed by atoms with E-state index in [1.165, 1.54) is 45.4 Å². The minimum atomic E-state index is -5.08. The minimum absolute atomic E-state index is 0.926. The van der Waals surface area contributed by atoms with Gasteiger partial charge in [0.25, 0.3) is 0 Å². The number of piperidine rings is 1. The number of likely N-dealkylation sites (tertiary alicyclic amines) is 1. The molecule has 0 amide bonds. The van der Waals surface area contributed by atoms with Gasteiger partial charge in [0.2, 0.25) is 0 Å². The molecule has 0 unspecified atom stereocenters. The summed E-state index contributed by atoms with van der Waals surface area (Å²) >= 11 is 0. The summed E-state index contributed by atoms with van der Waals surface area (Å²) in [4.78, 5) is 11.5. The smallest absolute Gasteiger partial charge is 0.475 e. The van der Waals surface area contributed by atoms with Crippen LogP contribution in [-0.4, -0.2) is 54.4 Å². The molecule has 2 rings (SSSR count). The number of hydrogen-bond acceptors (Lipinski definition) is 3. The first-order chi connectivity index (χ1) is 7.91. The average Bonchev–Trinajstić information content (AvgIpc) is 2.16. The Hall–Kier alpha value is -0.820. The SMILES string of the molecule is C1CN(C2CCNCC2)C1.O=C(O)C(F)(F)F. The van der Waals surface area contributed by atoms with Crippen molar-refractivity contribution in [3.63, 3.8) is 0 Å². The number of hydrogen-bond donors (Lipinski definition) is 2. The summed E-state index contributed by atoms with van der Waals surface area (Å²) in [5, 5.41) is 10.5. The third kappa shape index (κ3) is 4.91. The molecule has 4 nitrogen and oxygen atoms in total. The van der Waals surface area contributed by atoms with Gasteiger partial charge in [0, 0.05) is 6.04 Å². The zero-order valence-electron chi connectivity index (χ0n) is 9.46. The third-order valence-electron chi connectivity index (χ3n) is 2.96. The van der Waals surface area contributed by atoms with Gasteiger partial charge in [-0.25, -0.2) is 4.79 Å². The second-order valence-electron chi connectivity index (χ2n) is 4.17. The molecule has 0 aromatic rings. The molecule has 0 saturated carbocycles. The van der Waals surface area contributed by atoms with Crippen molar-refractivity contribution in [1.82, 2.24) is 10.2 Å². The Bertz CT molecular complexity index is 248. The van der Waals surface area contributed by atoms with Crippen LogP contribution in [0.3, 0.4) is 0 Å². The zero-order chi connectivity index (χ0) is 12.9. The highest BCUT2D eigenvalue weighted by molar-refractivity contribution is 5.73. The molecule has 2 N–H and O–H groups in total. The summed E-state index contributed by atoms with van der Waals surface area (Å²) in [7, 11) is 0. The van der Waals surface area contributed by atoms with Gasteiger partial charge in [-0.05, 0) is 45.4 Å². The lowest BCUT2D eigenvalue weighted by molar-refractivity contribution is -0.192. The monoisotopic (exact) mass is 254 g/mol. The lowest BCUT2D eigenvalue weighted by atomic mass is 10.0. The lowest BCUT2D eigenvalue weighted by Crippen LogP contribution is -2.49. The lowest BCUT2D eigenvalue weighted by Gasteiger charge is -2.40. The van der Waals surface area contributed by atoms with Gasteiger partial charge in [-0.2, -0.15) is 13.2 Å². The molecular weight excluding hydrogens is 237 g/mol. The molecule has 17 heavy (non-hydrogen) atoms. The third-order valence-corrected chi connectivity index (χ3v) is 2.96. The van der Waals surface area contributed by atoms with Crippen LogP contribution in [0.1, 0.15) is 19.3 Å². The Morgan fingerprint density at radius 2 is 1.71 bits per heavy atom. The molecule has 0 spiro atoms. The Kier molecular flexibility index (Phi) is 5.20. The molecule has 0 aliphatic carbocycles. The van der Waals surface area contributed by atoms with E-state index in [9.17, 15) is 13.2 Å². The highest BCUT2D eigenvalue weighted by atomic mass is 19.4. The average molecular weight is 254 g/mol. The summed E-state index contributed by atoms with van der Waals surface area (Å²) in [6, 6.07) is 0.926. The Labute approximate surface area is 97.8 Å². The number of carboxylic acids is 1. The molecule has 0 radical (unpaired) electrons. The molecule has 2 saturated heterocycles. The molecule has 2 fully saturated rings. The summed E-state index contributed by atoms with van der Waals surface area (Å²) in [5.41, 5.74) is 0. The molecular formula is C10H17F3N2O2. The quantitative estimate of drug-likeness (QED) is 0.735. The number of aliphatic carboxylic acids is 1. The van der Waals surface area contributed by atoms with Gasteiger partial charge in [0.15, 0.2) is 0 Å². The molecule has 2 heterocycles. The predicted octanol–water partition coefficient (Wildman–Crippen LogP) is 1.08. The number of nitrogens with zero attached hydrogens (tertiary/aromatic N) is 1. The van der Waals surface area contributed by atoms with Gasteiger partial charge >= 0.3 is 12.1 Å². The fraction of sp³-hybridized carbons (Fsp3) is 0.900. The summed E-state index contributed by atoms with van der Waals surface area (Å²) < 4.78 is 31.7. The summed E-state index contributed by atoms with van der Waals surface area (Å²) in [5.74, 6) is -2.76. The van der Waals surface area contributed by atoms with Crippen LogP contribution in [0.2, 0.25) is 0 Å². The van der Waals surface area contributed by atoms with E-state index in [1.54, 1.807) is 0 Å². The number of halogens is 3. The largest absolute Gasteiger partial charge is 0.490 e. The van der Waals surface area contributed by atoms with E-state index in [4.69, 9.17) is 9.90 Å². The zero-order valence-corrected chi connectivity index (χ0v) is 9.46. The summed E-state index contributed by atoms with van der Waals surface area (Å²) in [6.45, 7) is 5.21. The summed E-state index contributed by atoms with van der Waals surface area (Å²) in [6.07, 6.45) is -0.899. The highest BCUT2D eigenvalue weighted by Gasteiger charge is 2.38. The second-order valence-corrected chi connectivity index (χ2v) is 4.17. The van der Waals surface area contributed by atoms with E-state index >= 15 is 0 Å². The van der Waals surface area contributed by atoms with Crippen molar-refractivity contribution in [2.75, 3.05) is 26.2 Å². The van der Waals surface area contributed by atoms with E-state index in [0.29, 0.717) is 0 Å². The molecule has 0 atom stereocenters. The van der Waals surface area contributed by atoms with E-state index in [0.717, 1.165) is 6.04 Å². The predicted molar refractivity (Wildman–Crippen MR) is 55.8 cm³/mol. The van der Waals surface area contributed by atoms with Crippen molar-refractivity contribution in [3.8, 4) is 0 Å². The van der Waals surface area contributed by atoms with E-state index in [-0.39, 0.29) is 0 Å². The Morgan fingerprint density at radius 1 is 1.24 bits per heavy atom. The van der Waals surface area contributed by atoms with Gasteiger partial charge in [-0.1, -0.05) is 0 Å². The van der Waals surface area contributed by atoms with Gasteiger partial charge in [0.1, 0.15) is 0 Å². The van der Waals surface area contributed by atoms with Crippen LogP contribution in [0.5, 0.6) is 0 Å². The van der Waals surface area contributed by atoms with Crippen molar-refractivity contribution in [1.29, 1.82) is 0 Å². The number of carboxylic acid groups (broad SMARTS) is 1. The van der Waals surface area contributed by atoms with Crippen LogP contribution < -0.4 is 5.32 Å². The van der Waals surface area contributed by atoms with Crippen LogP contribution in [0.4, 0.5) is 13.2 Å². The van der Waals surface area contributed by atoms with E-state index in [2.05, 4.69) is 10.2 Å². The first-order valence-corrected chi connectivity index (χ1v) is 5.66. The molecule has 0 aromatic heterocycles. The molecule has 2 aliphatic rings. The van der Waals surface area contributed by atoms with Gasteiger partial charge in [-0.15, -0.1) is 0 Å². The van der Waals surface area contributed by atoms with Gasteiger partial charge in [-0.3, -0.25) is 0 Å². The normalized spacial score (nSPS) is 22.3. The Morgan fingerprint density at radius 3 is 2.00 bits per heavy atom. The molecule has 0 aromatic carbocycles. The van der Waals surface area contributed by atoms with Crippen molar-refractivity contribution in [2.24, 2.45) is 0 Å². The first kappa shape index (κ1) is 14.2. The highest BCUT2D eigenvalue weighted by Crippen LogP contribution is 2.17. The van der Waals surface area contributed by atoms with Gasteiger partial charge in [0.05, 0.1) is 0 Å². The van der Waals surface area contributed by atoms with Crippen LogP contribution >= 0.6 is 0 Å². The fourth-order valence-corrected chi connectivity index (χ4v) is 1.88. The van der Waals surface area contributed by atoms with Gasteiger partial charge < -0.3 is 15.3 Å². The molecule has 100 valence electrons. The molecule has 2 aliphatic heterocycles. The van der Waals surface area contributed by atoms with Crippen LogP contribution in [0.25, 0.3) is 0 Å². The van der Waals surface area contributed by atoms with Crippen molar-refractivity contribution in [2.45, 2.75) is 31.5 Å². The number of rotatable bonds is 1. The number of nitrogens with one attached hydrogen (secondary N) is 1. The maximum atomic E-state index is 10.6. The number of alkyl halides is 3. The maximum absolute atomic E-state index is 10.6. The Balaban J connectivity index is 0.000000185. The van der Waals surface area contributed by atoms with Crippen molar-refractivity contribution in [3.05, 3.63) is 0 Å². The number of carbonyl (C=O) groups is 1. The van der Waals surface area contributed by atoms with Crippen LogP contribution in [0.15, 0.2) is 0 Å². The van der Waals surface area contributed by atoms with E-state index in [1.807, 2.05) is 0 Å². The van der Waals surface area contributed by atoms with Crippen LogP contribution in [-0.2, 0) is 4.79 Å². The second kappa shape index (κ2) is 6.20. The fourth-order valence-electron chi connectivity index (χ4n) is 1.88. The first-order valence-electron chi connectivity index (χ1n) is 5.66.